The van der Waals surface area contributed by atoms with E-state index in [2.05, 4.69) is 4.98 Å². The Morgan fingerprint density at radius 3 is 2.21 bits per heavy atom. The van der Waals surface area contributed by atoms with E-state index in [9.17, 15) is 18.4 Å². The Kier molecular flexibility index (Phi) is 3.95. The summed E-state index contributed by atoms with van der Waals surface area (Å²) in [4.78, 5) is 27.7. The molecule has 3 rings (SSSR count). The van der Waals surface area contributed by atoms with Crippen molar-refractivity contribution in [3.8, 4) is 22.9 Å². The maximum absolute atomic E-state index is 13.7. The maximum Gasteiger partial charge on any atom is 0.429 e. The molecule has 122 valence electrons. The predicted molar refractivity (Wildman–Crippen MR) is 80.3 cm³/mol. The zero-order valence-electron chi connectivity index (χ0n) is 12.3. The van der Waals surface area contributed by atoms with E-state index in [4.69, 9.17) is 9.15 Å². The van der Waals surface area contributed by atoms with Crippen LogP contribution in [0.1, 0.15) is 0 Å². The van der Waals surface area contributed by atoms with Crippen molar-refractivity contribution in [3.05, 3.63) is 75.1 Å². The number of hydrogen-bond acceptors (Lipinski definition) is 5. The van der Waals surface area contributed by atoms with E-state index in [1.165, 1.54) is 31.4 Å². The van der Waals surface area contributed by atoms with E-state index < -0.39 is 34.5 Å². The first-order valence-electron chi connectivity index (χ1n) is 6.74. The summed E-state index contributed by atoms with van der Waals surface area (Å²) in [5.74, 6) is -3.29. The average Bonchev–Trinajstić information content (AvgIpc) is 2.55. The second-order valence-electron chi connectivity index (χ2n) is 4.70. The Balaban J connectivity index is 2.16. The molecular formula is C16H10F2N2O4. The molecule has 0 saturated heterocycles. The van der Waals surface area contributed by atoms with Crippen molar-refractivity contribution >= 4 is 0 Å². The fraction of sp³-hybridized carbons (Fsp3) is 0.0625. The summed E-state index contributed by atoms with van der Waals surface area (Å²) in [5.41, 5.74) is -1.51. The molecule has 24 heavy (non-hydrogen) atoms. The lowest BCUT2D eigenvalue weighted by molar-refractivity contribution is 0.414. The molecule has 0 bridgehead atoms. The highest BCUT2D eigenvalue weighted by atomic mass is 19.1. The van der Waals surface area contributed by atoms with Gasteiger partial charge in [-0.3, -0.25) is 0 Å². The van der Waals surface area contributed by atoms with Gasteiger partial charge < -0.3 is 9.15 Å². The van der Waals surface area contributed by atoms with Crippen LogP contribution in [0.25, 0.3) is 17.1 Å². The minimum atomic E-state index is -1.11. The Hall–Kier alpha value is -3.29. The Bertz CT molecular complexity index is 958. The molecule has 0 aliphatic carbocycles. The van der Waals surface area contributed by atoms with Gasteiger partial charge in [-0.15, -0.1) is 0 Å². The first kappa shape index (κ1) is 15.6. The Morgan fingerprint density at radius 2 is 1.67 bits per heavy atom. The summed E-state index contributed by atoms with van der Waals surface area (Å²) in [7, 11) is 1.47. The van der Waals surface area contributed by atoms with E-state index >= 15 is 0 Å². The van der Waals surface area contributed by atoms with Gasteiger partial charge in [-0.25, -0.2) is 18.4 Å². The lowest BCUT2D eigenvalue weighted by atomic mass is 10.2. The number of hydrogen-bond donors (Lipinski definition) is 0. The van der Waals surface area contributed by atoms with E-state index in [1.807, 2.05) is 0 Å². The van der Waals surface area contributed by atoms with Gasteiger partial charge in [0.25, 0.3) is 0 Å². The first-order valence-corrected chi connectivity index (χ1v) is 6.74. The van der Waals surface area contributed by atoms with Crippen LogP contribution in [0, 0.1) is 11.6 Å². The molecule has 6 nitrogen and oxygen atoms in total. The molecule has 0 aliphatic rings. The van der Waals surface area contributed by atoms with Gasteiger partial charge in [0.1, 0.15) is 22.9 Å². The Labute approximate surface area is 133 Å². The van der Waals surface area contributed by atoms with Crippen molar-refractivity contribution in [1.82, 2.24) is 9.55 Å². The van der Waals surface area contributed by atoms with Crippen LogP contribution in [0.5, 0.6) is 5.75 Å². The van der Waals surface area contributed by atoms with Gasteiger partial charge in [-0.2, -0.15) is 9.55 Å². The van der Waals surface area contributed by atoms with Crippen LogP contribution in [0.3, 0.4) is 0 Å². The number of methoxy groups -OCH3 is 1. The highest BCUT2D eigenvalue weighted by Gasteiger charge is 2.18. The summed E-state index contributed by atoms with van der Waals surface area (Å²) in [6.45, 7) is 0. The van der Waals surface area contributed by atoms with E-state index in [0.29, 0.717) is 10.3 Å². The van der Waals surface area contributed by atoms with Crippen LogP contribution in [0.15, 0.2) is 56.5 Å². The molecule has 0 radical (unpaired) electrons. The largest absolute Gasteiger partial charge is 0.497 e. The number of benzene rings is 2. The number of nitrogens with zero attached hydrogens (tertiary/aromatic N) is 2. The smallest absolute Gasteiger partial charge is 0.429 e. The topological polar surface area (TPSA) is 74.3 Å². The molecular weight excluding hydrogens is 322 g/mol. The average molecular weight is 332 g/mol. The number of rotatable bonds is 3. The van der Waals surface area contributed by atoms with Crippen molar-refractivity contribution in [2.75, 3.05) is 7.11 Å². The SMILES string of the molecule is COc1ccc(-n2c(=O)nc(-c3c(F)cccc3F)oc2=O)cc1. The second kappa shape index (κ2) is 6.07. The van der Waals surface area contributed by atoms with Crippen molar-refractivity contribution in [2.45, 2.75) is 0 Å². The molecule has 1 heterocycles. The molecule has 0 fully saturated rings. The summed E-state index contributed by atoms with van der Waals surface area (Å²) in [6, 6.07) is 9.04. The zero-order chi connectivity index (χ0) is 17.3. The predicted octanol–water partition coefficient (Wildman–Crippen LogP) is 2.14. The van der Waals surface area contributed by atoms with Crippen LogP contribution in [0.4, 0.5) is 8.78 Å². The van der Waals surface area contributed by atoms with Gasteiger partial charge in [0.05, 0.1) is 12.8 Å². The molecule has 0 amide bonds. The molecule has 0 atom stereocenters. The lowest BCUT2D eigenvalue weighted by Gasteiger charge is -2.06. The third kappa shape index (κ3) is 2.69. The Morgan fingerprint density at radius 1 is 1.04 bits per heavy atom. The monoisotopic (exact) mass is 332 g/mol. The number of aromatic nitrogens is 2. The highest BCUT2D eigenvalue weighted by molar-refractivity contribution is 5.54. The minimum Gasteiger partial charge on any atom is -0.497 e. The first-order chi connectivity index (χ1) is 11.5. The standard InChI is InChI=1S/C16H10F2N2O4/c1-23-10-7-5-9(6-8-10)20-15(21)19-14(24-16(20)22)13-11(17)3-2-4-12(13)18/h2-8H,1H3. The van der Waals surface area contributed by atoms with Crippen LogP contribution in [-0.4, -0.2) is 16.7 Å². The molecule has 1 aromatic heterocycles. The summed E-state index contributed by atoms with van der Waals surface area (Å²) >= 11 is 0. The molecule has 0 unspecified atom stereocenters. The van der Waals surface area contributed by atoms with Crippen molar-refractivity contribution < 1.29 is 17.9 Å². The molecule has 0 N–H and O–H groups in total. The maximum atomic E-state index is 13.7. The van der Waals surface area contributed by atoms with Crippen molar-refractivity contribution in [1.29, 1.82) is 0 Å². The lowest BCUT2D eigenvalue weighted by Crippen LogP contribution is -2.33. The van der Waals surface area contributed by atoms with E-state index in [0.717, 1.165) is 18.2 Å². The van der Waals surface area contributed by atoms with Crippen LogP contribution < -0.4 is 16.2 Å². The van der Waals surface area contributed by atoms with Gasteiger partial charge in [0.2, 0.25) is 5.89 Å². The van der Waals surface area contributed by atoms with E-state index in [1.54, 1.807) is 0 Å². The van der Waals surface area contributed by atoms with Gasteiger partial charge in [-0.05, 0) is 36.4 Å². The molecule has 2 aromatic carbocycles. The molecule has 8 heteroatoms. The van der Waals surface area contributed by atoms with Gasteiger partial charge >= 0.3 is 11.4 Å². The zero-order valence-corrected chi connectivity index (χ0v) is 12.3. The van der Waals surface area contributed by atoms with Crippen molar-refractivity contribution in [3.63, 3.8) is 0 Å². The molecule has 3 aromatic rings. The fourth-order valence-electron chi connectivity index (χ4n) is 2.12. The minimum absolute atomic E-state index is 0.183. The van der Waals surface area contributed by atoms with E-state index in [-0.39, 0.29) is 5.69 Å². The van der Waals surface area contributed by atoms with Crippen LogP contribution in [0.2, 0.25) is 0 Å². The van der Waals surface area contributed by atoms with Crippen molar-refractivity contribution in [2.24, 2.45) is 0 Å². The number of ether oxygens (including phenoxy) is 1. The van der Waals surface area contributed by atoms with Gasteiger partial charge in [0, 0.05) is 0 Å². The number of halogens is 2. The third-order valence-electron chi connectivity index (χ3n) is 3.26. The summed E-state index contributed by atoms with van der Waals surface area (Å²) in [5, 5.41) is 0. The molecule has 0 saturated carbocycles. The second-order valence-corrected chi connectivity index (χ2v) is 4.70. The molecule has 0 aliphatic heterocycles. The van der Waals surface area contributed by atoms with Crippen LogP contribution >= 0.6 is 0 Å². The highest BCUT2D eigenvalue weighted by Crippen LogP contribution is 2.22. The third-order valence-corrected chi connectivity index (χ3v) is 3.26. The normalized spacial score (nSPS) is 10.6. The summed E-state index contributed by atoms with van der Waals surface area (Å²) < 4.78 is 37.9. The molecule has 0 spiro atoms. The fourth-order valence-corrected chi connectivity index (χ4v) is 2.12. The van der Waals surface area contributed by atoms with Crippen LogP contribution in [-0.2, 0) is 0 Å². The van der Waals surface area contributed by atoms with Gasteiger partial charge in [-0.1, -0.05) is 6.07 Å². The van der Waals surface area contributed by atoms with Gasteiger partial charge in [0.15, 0.2) is 0 Å². The quantitative estimate of drug-likeness (QED) is 0.735. The summed E-state index contributed by atoms with van der Waals surface area (Å²) in [6.07, 6.45) is 0.